The highest BCUT2D eigenvalue weighted by atomic mass is 32.2. The number of benzene rings is 1. The van der Waals surface area contributed by atoms with Gasteiger partial charge in [-0.1, -0.05) is 31.7 Å². The maximum Gasteiger partial charge on any atom is 0.272 e. The van der Waals surface area contributed by atoms with Crippen molar-refractivity contribution in [1.29, 1.82) is 0 Å². The van der Waals surface area contributed by atoms with E-state index >= 15 is 0 Å². The zero-order valence-corrected chi connectivity index (χ0v) is 20.4. The van der Waals surface area contributed by atoms with Crippen LogP contribution in [0.1, 0.15) is 37.8 Å². The third kappa shape index (κ3) is 4.54. The normalized spacial score (nSPS) is 13.2. The molecule has 1 N–H and O–H groups in total. The standard InChI is InChI=1S/C25H26N4O2S2/c1-15(2)10-12-29-24(31)22-21(19-7-4-11-26-23(19)33-22)28-25(29)32-14-20(30)27-18-9-8-16-5-3-6-17(16)13-18/h4,7-9,11,13,15H,3,5-6,10,12,14H2,1-2H3,(H,27,30). The van der Waals surface area contributed by atoms with Gasteiger partial charge in [-0.25, -0.2) is 9.97 Å². The summed E-state index contributed by atoms with van der Waals surface area (Å²) in [5, 5.41) is 4.47. The van der Waals surface area contributed by atoms with Crippen molar-refractivity contribution in [3.8, 4) is 0 Å². The van der Waals surface area contributed by atoms with E-state index in [-0.39, 0.29) is 17.2 Å². The molecule has 8 heteroatoms. The van der Waals surface area contributed by atoms with Crippen LogP contribution in [0, 0.1) is 5.92 Å². The Morgan fingerprint density at radius 1 is 1.24 bits per heavy atom. The summed E-state index contributed by atoms with van der Waals surface area (Å²) in [6.45, 7) is 4.85. The SMILES string of the molecule is CC(C)CCn1c(SCC(=O)Nc2ccc3c(c2)CCC3)nc2c(sc3ncccc32)c1=O. The largest absolute Gasteiger partial charge is 0.325 e. The highest BCUT2D eigenvalue weighted by molar-refractivity contribution is 7.99. The maximum absolute atomic E-state index is 13.4. The van der Waals surface area contributed by atoms with Gasteiger partial charge in [-0.15, -0.1) is 11.3 Å². The lowest BCUT2D eigenvalue weighted by Crippen LogP contribution is -2.24. The molecular formula is C25H26N4O2S2. The molecule has 1 aromatic carbocycles. The Labute approximate surface area is 200 Å². The van der Waals surface area contributed by atoms with Crippen molar-refractivity contribution < 1.29 is 4.79 Å². The maximum atomic E-state index is 13.4. The quantitative estimate of drug-likeness (QED) is 0.289. The van der Waals surface area contributed by atoms with Crippen LogP contribution in [0.15, 0.2) is 46.5 Å². The summed E-state index contributed by atoms with van der Waals surface area (Å²) in [6, 6.07) is 9.97. The van der Waals surface area contributed by atoms with Gasteiger partial charge in [-0.05, 0) is 67.0 Å². The number of hydrogen-bond donors (Lipinski definition) is 1. The molecule has 5 rings (SSSR count). The van der Waals surface area contributed by atoms with E-state index in [0.717, 1.165) is 35.2 Å². The second-order valence-electron chi connectivity index (χ2n) is 8.84. The monoisotopic (exact) mass is 478 g/mol. The number of nitrogens with one attached hydrogen (secondary N) is 1. The molecule has 0 atom stereocenters. The summed E-state index contributed by atoms with van der Waals surface area (Å²) in [7, 11) is 0. The van der Waals surface area contributed by atoms with E-state index in [2.05, 4.69) is 36.3 Å². The number of aromatic nitrogens is 3. The Hall–Kier alpha value is -2.71. The molecule has 0 spiro atoms. The van der Waals surface area contributed by atoms with E-state index < -0.39 is 0 Å². The Bertz CT molecular complexity index is 1410. The Balaban J connectivity index is 1.41. The number of pyridine rings is 1. The molecule has 1 aliphatic carbocycles. The summed E-state index contributed by atoms with van der Waals surface area (Å²) in [5.41, 5.74) is 4.16. The van der Waals surface area contributed by atoms with E-state index in [1.165, 1.54) is 40.6 Å². The minimum atomic E-state index is -0.0976. The van der Waals surface area contributed by atoms with Gasteiger partial charge in [-0.3, -0.25) is 14.2 Å². The molecule has 3 heterocycles. The Morgan fingerprint density at radius 3 is 2.94 bits per heavy atom. The topological polar surface area (TPSA) is 76.9 Å². The molecule has 0 radical (unpaired) electrons. The van der Waals surface area contributed by atoms with Crippen molar-refractivity contribution in [3.63, 3.8) is 0 Å². The molecule has 6 nitrogen and oxygen atoms in total. The molecule has 0 saturated heterocycles. The first kappa shape index (κ1) is 22.1. The van der Waals surface area contributed by atoms with Gasteiger partial charge in [0, 0.05) is 23.8 Å². The van der Waals surface area contributed by atoms with Gasteiger partial charge in [-0.2, -0.15) is 0 Å². The van der Waals surface area contributed by atoms with E-state index in [4.69, 9.17) is 4.98 Å². The summed E-state index contributed by atoms with van der Waals surface area (Å²) in [4.78, 5) is 36.1. The lowest BCUT2D eigenvalue weighted by atomic mass is 10.1. The molecule has 1 aliphatic rings. The first-order chi connectivity index (χ1) is 16.0. The van der Waals surface area contributed by atoms with Crippen LogP contribution in [-0.2, 0) is 24.2 Å². The minimum absolute atomic E-state index is 0.0508. The van der Waals surface area contributed by atoms with Gasteiger partial charge in [0.2, 0.25) is 5.91 Å². The summed E-state index contributed by atoms with van der Waals surface area (Å²) in [5.74, 6) is 0.550. The van der Waals surface area contributed by atoms with Crippen LogP contribution in [0.25, 0.3) is 20.4 Å². The Kier molecular flexibility index (Phi) is 6.21. The summed E-state index contributed by atoms with van der Waals surface area (Å²) >= 11 is 2.70. The van der Waals surface area contributed by atoms with Crippen molar-refractivity contribution in [2.24, 2.45) is 5.92 Å². The molecule has 33 heavy (non-hydrogen) atoms. The van der Waals surface area contributed by atoms with Crippen molar-refractivity contribution >= 4 is 55.1 Å². The van der Waals surface area contributed by atoms with Gasteiger partial charge in [0.05, 0.1) is 11.3 Å². The molecule has 170 valence electrons. The van der Waals surface area contributed by atoms with Gasteiger partial charge >= 0.3 is 0 Å². The second kappa shape index (κ2) is 9.27. The molecule has 0 aliphatic heterocycles. The first-order valence-electron chi connectivity index (χ1n) is 11.3. The van der Waals surface area contributed by atoms with Crippen molar-refractivity contribution in [1.82, 2.24) is 14.5 Å². The number of thiophene rings is 1. The number of carbonyl (C=O) groups excluding carboxylic acids is 1. The third-order valence-corrected chi connectivity index (χ3v) is 8.03. The number of amides is 1. The molecule has 0 fully saturated rings. The Morgan fingerprint density at radius 2 is 2.09 bits per heavy atom. The average Bonchev–Trinajstić information content (AvgIpc) is 3.41. The number of carbonyl (C=O) groups is 1. The van der Waals surface area contributed by atoms with Crippen LogP contribution < -0.4 is 10.9 Å². The van der Waals surface area contributed by atoms with E-state index in [1.807, 2.05) is 18.2 Å². The van der Waals surface area contributed by atoms with Crippen molar-refractivity contribution in [2.75, 3.05) is 11.1 Å². The van der Waals surface area contributed by atoms with Crippen molar-refractivity contribution in [3.05, 3.63) is 58.0 Å². The molecule has 1 amide bonds. The predicted molar refractivity (Wildman–Crippen MR) is 136 cm³/mol. The third-order valence-electron chi connectivity index (χ3n) is 5.96. The molecule has 3 aromatic heterocycles. The highest BCUT2D eigenvalue weighted by Crippen LogP contribution is 2.31. The van der Waals surface area contributed by atoms with Crippen LogP contribution in [0.5, 0.6) is 0 Å². The van der Waals surface area contributed by atoms with Crippen LogP contribution in [-0.4, -0.2) is 26.2 Å². The summed E-state index contributed by atoms with van der Waals surface area (Å²) in [6.07, 6.45) is 5.97. The fourth-order valence-corrected chi connectivity index (χ4v) is 6.06. The molecule has 4 aromatic rings. The number of aryl methyl sites for hydroxylation is 2. The van der Waals surface area contributed by atoms with E-state index in [1.54, 1.807) is 10.8 Å². The number of anilines is 1. The second-order valence-corrected chi connectivity index (χ2v) is 10.8. The molecular weight excluding hydrogens is 452 g/mol. The number of rotatable bonds is 7. The zero-order chi connectivity index (χ0) is 22.9. The highest BCUT2D eigenvalue weighted by Gasteiger charge is 2.18. The number of nitrogens with zero attached hydrogens (tertiary/aromatic N) is 3. The summed E-state index contributed by atoms with van der Waals surface area (Å²) < 4.78 is 2.35. The van der Waals surface area contributed by atoms with Gasteiger partial charge in [0.25, 0.3) is 5.56 Å². The number of hydrogen-bond acceptors (Lipinski definition) is 6. The molecule has 0 saturated carbocycles. The lowest BCUT2D eigenvalue weighted by molar-refractivity contribution is -0.113. The van der Waals surface area contributed by atoms with Crippen LogP contribution in [0.4, 0.5) is 5.69 Å². The van der Waals surface area contributed by atoms with Gasteiger partial charge in [0.1, 0.15) is 9.53 Å². The number of thioether (sulfide) groups is 1. The predicted octanol–water partition coefficient (Wildman–Crippen LogP) is 5.27. The number of fused-ring (bicyclic) bond motifs is 4. The van der Waals surface area contributed by atoms with Gasteiger partial charge < -0.3 is 5.32 Å². The van der Waals surface area contributed by atoms with E-state index in [0.29, 0.717) is 27.8 Å². The smallest absolute Gasteiger partial charge is 0.272 e. The minimum Gasteiger partial charge on any atom is -0.325 e. The van der Waals surface area contributed by atoms with Crippen LogP contribution >= 0.6 is 23.1 Å². The lowest BCUT2D eigenvalue weighted by Gasteiger charge is -2.13. The van der Waals surface area contributed by atoms with Gasteiger partial charge in [0.15, 0.2) is 5.16 Å². The average molecular weight is 479 g/mol. The van der Waals surface area contributed by atoms with Crippen LogP contribution in [0.2, 0.25) is 0 Å². The fraction of sp³-hybridized carbons (Fsp3) is 0.360. The fourth-order valence-electron chi connectivity index (χ4n) is 4.21. The van der Waals surface area contributed by atoms with Crippen LogP contribution in [0.3, 0.4) is 0 Å². The van der Waals surface area contributed by atoms with Crippen molar-refractivity contribution in [2.45, 2.75) is 51.2 Å². The molecule has 0 unspecified atom stereocenters. The zero-order valence-electron chi connectivity index (χ0n) is 18.8. The molecule has 0 bridgehead atoms. The van der Waals surface area contributed by atoms with E-state index in [9.17, 15) is 9.59 Å². The first-order valence-corrected chi connectivity index (χ1v) is 13.1.